The fourth-order valence-corrected chi connectivity index (χ4v) is 7.71. The van der Waals surface area contributed by atoms with Crippen LogP contribution in [0.1, 0.15) is 22.6 Å². The molecular weight excluding hydrogens is 609 g/mol. The van der Waals surface area contributed by atoms with Gasteiger partial charge in [-0.25, -0.2) is 15.0 Å². The van der Waals surface area contributed by atoms with Gasteiger partial charge in [-0.05, 0) is 58.1 Å². The number of benzene rings is 7. The van der Waals surface area contributed by atoms with E-state index >= 15 is 0 Å². The van der Waals surface area contributed by atoms with Gasteiger partial charge in [-0.15, -0.1) is 0 Å². The van der Waals surface area contributed by atoms with E-state index in [0.29, 0.717) is 17.5 Å². The van der Waals surface area contributed by atoms with Gasteiger partial charge in [-0.2, -0.15) is 0 Å². The molecule has 10 rings (SSSR count). The van der Waals surface area contributed by atoms with Gasteiger partial charge in [0, 0.05) is 39.1 Å². The van der Waals surface area contributed by atoms with Crippen LogP contribution in [0.3, 0.4) is 0 Å². The van der Waals surface area contributed by atoms with Crippen molar-refractivity contribution in [2.45, 2.75) is 5.92 Å². The summed E-state index contributed by atoms with van der Waals surface area (Å²) < 4.78 is 2.39. The van der Waals surface area contributed by atoms with Gasteiger partial charge in [0.05, 0.1) is 11.0 Å². The summed E-state index contributed by atoms with van der Waals surface area (Å²) in [6.45, 7) is 0. The van der Waals surface area contributed by atoms with E-state index in [2.05, 4.69) is 144 Å². The lowest BCUT2D eigenvalue weighted by atomic mass is 9.88. The summed E-state index contributed by atoms with van der Waals surface area (Å²) in [6.07, 6.45) is 0. The highest BCUT2D eigenvalue weighted by molar-refractivity contribution is 6.09. The van der Waals surface area contributed by atoms with Crippen molar-refractivity contribution in [3.05, 3.63) is 193 Å². The zero-order chi connectivity index (χ0) is 33.0. The first-order valence-electron chi connectivity index (χ1n) is 17.0. The number of aromatic nitrogens is 4. The summed E-state index contributed by atoms with van der Waals surface area (Å²) in [5, 5.41) is 2.45. The Morgan fingerprint density at radius 1 is 0.380 bits per heavy atom. The summed E-state index contributed by atoms with van der Waals surface area (Å²) in [7, 11) is 0. The van der Waals surface area contributed by atoms with Gasteiger partial charge in [0.15, 0.2) is 17.5 Å². The fraction of sp³-hybridized carbons (Fsp3) is 0.0217. The second kappa shape index (κ2) is 11.5. The van der Waals surface area contributed by atoms with Gasteiger partial charge in [0.1, 0.15) is 0 Å². The molecule has 0 radical (unpaired) electrons. The highest BCUT2D eigenvalue weighted by Gasteiger charge is 2.30. The first-order chi connectivity index (χ1) is 24.8. The van der Waals surface area contributed by atoms with E-state index in [1.807, 2.05) is 36.4 Å². The number of rotatable bonds is 5. The molecule has 234 valence electrons. The number of nitrogens with zero attached hydrogens (tertiary/aromatic N) is 4. The quantitative estimate of drug-likeness (QED) is 0.188. The van der Waals surface area contributed by atoms with Gasteiger partial charge >= 0.3 is 0 Å². The molecule has 0 amide bonds. The molecule has 0 N–H and O–H groups in total. The predicted octanol–water partition coefficient (Wildman–Crippen LogP) is 11.1. The average molecular weight is 639 g/mol. The van der Waals surface area contributed by atoms with Crippen LogP contribution in [0, 0.1) is 0 Å². The largest absolute Gasteiger partial charge is 0.309 e. The van der Waals surface area contributed by atoms with Gasteiger partial charge in [-0.1, -0.05) is 146 Å². The van der Waals surface area contributed by atoms with Crippen molar-refractivity contribution in [1.82, 2.24) is 19.5 Å². The second-order valence-electron chi connectivity index (χ2n) is 12.8. The average Bonchev–Trinajstić information content (AvgIpc) is 3.71. The van der Waals surface area contributed by atoms with Crippen molar-refractivity contribution >= 4 is 21.8 Å². The maximum absolute atomic E-state index is 5.17. The van der Waals surface area contributed by atoms with Crippen molar-refractivity contribution in [1.29, 1.82) is 0 Å². The highest BCUT2D eigenvalue weighted by atomic mass is 15.0. The zero-order valence-electron chi connectivity index (χ0n) is 27.1. The van der Waals surface area contributed by atoms with Crippen molar-refractivity contribution in [2.24, 2.45) is 0 Å². The molecule has 0 unspecified atom stereocenters. The van der Waals surface area contributed by atoms with E-state index in [1.165, 1.54) is 38.6 Å². The van der Waals surface area contributed by atoms with E-state index in [4.69, 9.17) is 15.0 Å². The Hall–Kier alpha value is -6.65. The Morgan fingerprint density at radius 3 is 1.36 bits per heavy atom. The molecule has 2 aromatic heterocycles. The van der Waals surface area contributed by atoms with Crippen LogP contribution < -0.4 is 0 Å². The SMILES string of the molecule is c1ccc(-c2nc(-c3ccccc3)nc(-c3cc(C4c5ccccc5-c5ccccc54)cc(-n4c5ccccc5c5ccccc54)c3)n2)cc1. The molecule has 1 aliphatic carbocycles. The molecule has 2 heterocycles. The Morgan fingerprint density at radius 2 is 0.820 bits per heavy atom. The lowest BCUT2D eigenvalue weighted by molar-refractivity contribution is 1.00. The molecule has 0 bridgehead atoms. The first-order valence-corrected chi connectivity index (χ1v) is 17.0. The van der Waals surface area contributed by atoms with Gasteiger partial charge in [0.2, 0.25) is 0 Å². The van der Waals surface area contributed by atoms with E-state index in [0.717, 1.165) is 33.4 Å². The molecule has 4 nitrogen and oxygen atoms in total. The molecule has 9 aromatic rings. The molecule has 7 aromatic carbocycles. The fourth-order valence-electron chi connectivity index (χ4n) is 7.71. The molecule has 0 saturated heterocycles. The van der Waals surface area contributed by atoms with E-state index in [-0.39, 0.29) is 5.92 Å². The molecule has 0 atom stereocenters. The topological polar surface area (TPSA) is 43.6 Å². The minimum Gasteiger partial charge on any atom is -0.309 e. The number of hydrogen-bond acceptors (Lipinski definition) is 3. The third-order valence-electron chi connectivity index (χ3n) is 9.90. The monoisotopic (exact) mass is 638 g/mol. The summed E-state index contributed by atoms with van der Waals surface area (Å²) in [5.41, 5.74) is 12.6. The van der Waals surface area contributed by atoms with Crippen LogP contribution in [0.15, 0.2) is 176 Å². The lowest BCUT2D eigenvalue weighted by Gasteiger charge is -2.19. The molecule has 0 fully saturated rings. The zero-order valence-corrected chi connectivity index (χ0v) is 27.1. The number of fused-ring (bicyclic) bond motifs is 6. The molecular formula is C46H30N4. The Balaban J connectivity index is 1.28. The molecule has 4 heteroatoms. The van der Waals surface area contributed by atoms with Crippen molar-refractivity contribution < 1.29 is 0 Å². The molecule has 0 saturated carbocycles. The smallest absolute Gasteiger partial charge is 0.164 e. The maximum atomic E-state index is 5.17. The summed E-state index contributed by atoms with van der Waals surface area (Å²) >= 11 is 0. The minimum absolute atomic E-state index is 0.0539. The highest BCUT2D eigenvalue weighted by Crippen LogP contribution is 2.49. The standard InChI is InChI=1S/C46H30N4/c1-3-15-30(16-4-1)44-47-45(31-17-5-2-6-18-31)49-46(48-44)33-27-32(43-39-23-9-7-19-35(39)36-20-8-10-24-40(36)43)28-34(29-33)50-41-25-13-11-21-37(41)38-22-12-14-26-42(38)50/h1-29,43H. The van der Waals surface area contributed by atoms with Crippen molar-refractivity contribution in [3.8, 4) is 51.0 Å². The van der Waals surface area contributed by atoms with Crippen molar-refractivity contribution in [3.63, 3.8) is 0 Å². The van der Waals surface area contributed by atoms with Crippen LogP contribution in [-0.2, 0) is 0 Å². The van der Waals surface area contributed by atoms with Crippen LogP contribution in [0.2, 0.25) is 0 Å². The molecule has 1 aliphatic rings. The Labute approximate surface area is 290 Å². The maximum Gasteiger partial charge on any atom is 0.164 e. The van der Waals surface area contributed by atoms with Gasteiger partial charge in [-0.3, -0.25) is 0 Å². The molecule has 0 spiro atoms. The summed E-state index contributed by atoms with van der Waals surface area (Å²) in [6, 6.07) is 62.2. The van der Waals surface area contributed by atoms with Crippen LogP contribution in [0.5, 0.6) is 0 Å². The lowest BCUT2D eigenvalue weighted by Crippen LogP contribution is -2.05. The Kier molecular flexibility index (Phi) is 6.53. The predicted molar refractivity (Wildman–Crippen MR) is 203 cm³/mol. The van der Waals surface area contributed by atoms with E-state index < -0.39 is 0 Å². The first kappa shape index (κ1) is 28.4. The van der Waals surface area contributed by atoms with Crippen LogP contribution in [0.4, 0.5) is 0 Å². The van der Waals surface area contributed by atoms with Gasteiger partial charge < -0.3 is 4.57 Å². The Bertz CT molecular complexity index is 2550. The number of para-hydroxylation sites is 2. The normalized spacial score (nSPS) is 12.3. The minimum atomic E-state index is 0.0539. The van der Waals surface area contributed by atoms with Gasteiger partial charge in [0.25, 0.3) is 0 Å². The third-order valence-corrected chi connectivity index (χ3v) is 9.90. The van der Waals surface area contributed by atoms with Crippen molar-refractivity contribution in [2.75, 3.05) is 0 Å². The summed E-state index contributed by atoms with van der Waals surface area (Å²) in [4.78, 5) is 15.3. The van der Waals surface area contributed by atoms with Crippen LogP contribution >= 0.6 is 0 Å². The summed E-state index contributed by atoms with van der Waals surface area (Å²) in [5.74, 6) is 1.99. The van der Waals surface area contributed by atoms with E-state index in [1.54, 1.807) is 0 Å². The van der Waals surface area contributed by atoms with E-state index in [9.17, 15) is 0 Å². The third kappa shape index (κ3) is 4.57. The second-order valence-corrected chi connectivity index (χ2v) is 12.8. The van der Waals surface area contributed by atoms with Crippen LogP contribution in [-0.4, -0.2) is 19.5 Å². The van der Waals surface area contributed by atoms with Crippen LogP contribution in [0.25, 0.3) is 72.8 Å². The molecule has 0 aliphatic heterocycles. The number of hydrogen-bond donors (Lipinski definition) is 0. The molecule has 50 heavy (non-hydrogen) atoms.